The minimum atomic E-state index is -3.93. The fraction of sp³-hybridized carbons (Fsp3) is 0.391. The van der Waals surface area contributed by atoms with Crippen molar-refractivity contribution in [3.63, 3.8) is 0 Å². The predicted octanol–water partition coefficient (Wildman–Crippen LogP) is 2.63. The summed E-state index contributed by atoms with van der Waals surface area (Å²) in [6, 6.07) is 10.6. The molecule has 1 aliphatic heterocycles. The van der Waals surface area contributed by atoms with Gasteiger partial charge in [0.2, 0.25) is 5.91 Å². The number of nitrogens with zero attached hydrogens (tertiary/aromatic N) is 1. The Hall–Kier alpha value is -2.98. The number of sulfonamides is 1. The van der Waals surface area contributed by atoms with E-state index in [0.29, 0.717) is 44.6 Å². The largest absolute Gasteiger partial charge is 0.385 e. The Bertz CT molecular complexity index is 1080. The molecule has 10 heteroatoms. The average Bonchev–Trinajstić information content (AvgIpc) is 2.81. The molecule has 0 aromatic heterocycles. The minimum absolute atomic E-state index is 0.0792. The number of likely N-dealkylation sites (tertiary alicyclic amines) is 1. The quantitative estimate of drug-likeness (QED) is 0.541. The number of nitrogens with one attached hydrogen (secondary N) is 2. The number of ether oxygens (including phenoxy) is 1. The Morgan fingerprint density at radius 1 is 1.18 bits per heavy atom. The molecular weight excluding hydrogens is 449 g/mol. The number of piperidine rings is 1. The van der Waals surface area contributed by atoms with Gasteiger partial charge in [-0.1, -0.05) is 6.07 Å². The number of amides is 2. The van der Waals surface area contributed by atoms with E-state index in [1.54, 1.807) is 24.1 Å². The summed E-state index contributed by atoms with van der Waals surface area (Å²) in [5.74, 6) is -1.17. The molecule has 0 aliphatic carbocycles. The lowest BCUT2D eigenvalue weighted by Gasteiger charge is -2.32. The van der Waals surface area contributed by atoms with Gasteiger partial charge in [-0.3, -0.25) is 14.3 Å². The number of hydrogen-bond donors (Lipinski definition) is 2. The van der Waals surface area contributed by atoms with Crippen LogP contribution in [0.5, 0.6) is 0 Å². The lowest BCUT2D eigenvalue weighted by atomic mass is 9.96. The van der Waals surface area contributed by atoms with Crippen LogP contribution in [0, 0.1) is 11.7 Å². The number of hydrogen-bond acceptors (Lipinski definition) is 5. The zero-order chi connectivity index (χ0) is 23.8. The number of anilines is 1. The second-order valence-corrected chi connectivity index (χ2v) is 9.55. The fourth-order valence-electron chi connectivity index (χ4n) is 3.67. The number of carbonyl (C=O) groups excluding carboxylic acids is 2. The molecule has 2 N–H and O–H groups in total. The van der Waals surface area contributed by atoms with Crippen molar-refractivity contribution in [1.29, 1.82) is 0 Å². The first-order valence-electron chi connectivity index (χ1n) is 10.7. The van der Waals surface area contributed by atoms with Crippen LogP contribution in [0.15, 0.2) is 53.4 Å². The molecule has 1 heterocycles. The van der Waals surface area contributed by atoms with Gasteiger partial charge in [0.1, 0.15) is 5.82 Å². The van der Waals surface area contributed by atoms with Crippen LogP contribution in [0.25, 0.3) is 0 Å². The van der Waals surface area contributed by atoms with Crippen molar-refractivity contribution in [2.75, 3.05) is 38.1 Å². The fourth-order valence-corrected chi connectivity index (χ4v) is 4.72. The van der Waals surface area contributed by atoms with E-state index in [1.807, 2.05) is 0 Å². The van der Waals surface area contributed by atoms with E-state index in [2.05, 4.69) is 10.0 Å². The van der Waals surface area contributed by atoms with Gasteiger partial charge in [0, 0.05) is 44.6 Å². The first-order chi connectivity index (χ1) is 15.8. The average molecular weight is 478 g/mol. The number of halogens is 1. The van der Waals surface area contributed by atoms with Crippen molar-refractivity contribution < 1.29 is 27.1 Å². The van der Waals surface area contributed by atoms with Gasteiger partial charge >= 0.3 is 0 Å². The number of benzene rings is 2. The van der Waals surface area contributed by atoms with Gasteiger partial charge < -0.3 is 15.0 Å². The summed E-state index contributed by atoms with van der Waals surface area (Å²) < 4.78 is 45.6. The monoisotopic (exact) mass is 477 g/mol. The van der Waals surface area contributed by atoms with E-state index < -0.39 is 15.8 Å². The van der Waals surface area contributed by atoms with Crippen LogP contribution in [0.2, 0.25) is 0 Å². The maximum absolute atomic E-state index is 13.1. The third-order valence-electron chi connectivity index (χ3n) is 5.39. The molecule has 2 aromatic carbocycles. The van der Waals surface area contributed by atoms with Gasteiger partial charge in [-0.15, -0.1) is 0 Å². The Balaban J connectivity index is 1.65. The van der Waals surface area contributed by atoms with E-state index in [0.717, 1.165) is 18.6 Å². The molecule has 0 unspecified atom stereocenters. The second kappa shape index (κ2) is 11.2. The normalized spacial score (nSPS) is 16.3. The molecule has 8 nitrogen and oxygen atoms in total. The lowest BCUT2D eigenvalue weighted by molar-refractivity contribution is -0.126. The van der Waals surface area contributed by atoms with Crippen molar-refractivity contribution in [3.05, 3.63) is 59.9 Å². The zero-order valence-electron chi connectivity index (χ0n) is 18.4. The standard InChI is InChI=1S/C23H28FN3O5S/c1-32-14-4-12-25-22(28)18-6-3-13-27(16-18)23(29)17-5-2-7-20(15-17)26-33(30,31)21-10-8-19(24)9-11-21/h2,5,7-11,15,18,26H,3-4,6,12-14,16H2,1H3,(H,25,28)/t18-/m0/s1. The van der Waals surface area contributed by atoms with Crippen LogP contribution < -0.4 is 10.0 Å². The molecule has 2 aromatic rings. The van der Waals surface area contributed by atoms with Crippen molar-refractivity contribution >= 4 is 27.5 Å². The number of methoxy groups -OCH3 is 1. The van der Waals surface area contributed by atoms with E-state index in [-0.39, 0.29) is 28.3 Å². The summed E-state index contributed by atoms with van der Waals surface area (Å²) >= 11 is 0. The van der Waals surface area contributed by atoms with Crippen molar-refractivity contribution in [3.8, 4) is 0 Å². The Kier molecular flexibility index (Phi) is 8.40. The Morgan fingerprint density at radius 3 is 2.67 bits per heavy atom. The van der Waals surface area contributed by atoms with Gasteiger partial charge in [0.25, 0.3) is 15.9 Å². The predicted molar refractivity (Wildman–Crippen MR) is 122 cm³/mol. The first kappa shape index (κ1) is 24.7. The highest BCUT2D eigenvalue weighted by atomic mass is 32.2. The van der Waals surface area contributed by atoms with Crippen molar-refractivity contribution in [1.82, 2.24) is 10.2 Å². The highest BCUT2D eigenvalue weighted by Gasteiger charge is 2.29. The molecule has 1 aliphatic rings. The molecule has 33 heavy (non-hydrogen) atoms. The lowest BCUT2D eigenvalue weighted by Crippen LogP contribution is -2.45. The molecule has 0 spiro atoms. The van der Waals surface area contributed by atoms with Crippen LogP contribution in [-0.2, 0) is 19.6 Å². The molecule has 178 valence electrons. The van der Waals surface area contributed by atoms with Crippen LogP contribution in [0.4, 0.5) is 10.1 Å². The minimum Gasteiger partial charge on any atom is -0.385 e. The smallest absolute Gasteiger partial charge is 0.261 e. The Morgan fingerprint density at radius 2 is 1.94 bits per heavy atom. The van der Waals surface area contributed by atoms with Gasteiger partial charge in [-0.25, -0.2) is 12.8 Å². The van der Waals surface area contributed by atoms with Crippen molar-refractivity contribution in [2.45, 2.75) is 24.2 Å². The molecule has 1 atom stereocenters. The molecule has 2 amide bonds. The number of rotatable bonds is 9. The van der Waals surface area contributed by atoms with Gasteiger partial charge in [0.15, 0.2) is 0 Å². The summed E-state index contributed by atoms with van der Waals surface area (Å²) in [7, 11) is -2.33. The van der Waals surface area contributed by atoms with Gasteiger partial charge in [-0.05, 0) is 61.7 Å². The highest BCUT2D eigenvalue weighted by Crippen LogP contribution is 2.22. The zero-order valence-corrected chi connectivity index (χ0v) is 19.2. The third kappa shape index (κ3) is 6.75. The molecule has 3 rings (SSSR count). The summed E-state index contributed by atoms with van der Waals surface area (Å²) in [6.07, 6.45) is 2.13. The molecule has 0 saturated carbocycles. The van der Waals surface area contributed by atoms with Gasteiger partial charge in [-0.2, -0.15) is 0 Å². The summed E-state index contributed by atoms with van der Waals surface area (Å²) in [5, 5.41) is 2.88. The topological polar surface area (TPSA) is 105 Å². The van der Waals surface area contributed by atoms with E-state index >= 15 is 0 Å². The van der Waals surface area contributed by atoms with E-state index in [4.69, 9.17) is 4.74 Å². The molecule has 0 radical (unpaired) electrons. The van der Waals surface area contributed by atoms with Crippen molar-refractivity contribution in [2.24, 2.45) is 5.92 Å². The molecule has 0 bridgehead atoms. The third-order valence-corrected chi connectivity index (χ3v) is 6.79. The number of carbonyl (C=O) groups is 2. The van der Waals surface area contributed by atoms with Gasteiger partial charge in [0.05, 0.1) is 10.8 Å². The maximum atomic E-state index is 13.1. The summed E-state index contributed by atoms with van der Waals surface area (Å²) in [5.41, 5.74) is 0.532. The van der Waals surface area contributed by atoms with E-state index in [9.17, 15) is 22.4 Å². The van der Waals surface area contributed by atoms with Crippen LogP contribution in [-0.4, -0.2) is 58.5 Å². The first-order valence-corrected chi connectivity index (χ1v) is 12.2. The maximum Gasteiger partial charge on any atom is 0.261 e. The second-order valence-electron chi connectivity index (χ2n) is 7.87. The van der Waals surface area contributed by atoms with Crippen LogP contribution in [0.1, 0.15) is 29.6 Å². The molecule has 1 fully saturated rings. The summed E-state index contributed by atoms with van der Waals surface area (Å²) in [4.78, 5) is 27.0. The molecular formula is C23H28FN3O5S. The van der Waals surface area contributed by atoms with Crippen LogP contribution >= 0.6 is 0 Å². The van der Waals surface area contributed by atoms with E-state index in [1.165, 1.54) is 24.3 Å². The Labute approximate surface area is 193 Å². The molecule has 1 saturated heterocycles. The van der Waals surface area contributed by atoms with Crippen LogP contribution in [0.3, 0.4) is 0 Å². The SMILES string of the molecule is COCCCNC(=O)[C@H]1CCCN(C(=O)c2cccc(NS(=O)(=O)c3ccc(F)cc3)c2)C1. The highest BCUT2D eigenvalue weighted by molar-refractivity contribution is 7.92. The summed E-state index contributed by atoms with van der Waals surface area (Å²) in [6.45, 7) is 1.92.